The second-order valence-electron chi connectivity index (χ2n) is 5.57. The number of imide groups is 1. The van der Waals surface area contributed by atoms with Crippen molar-refractivity contribution in [2.45, 2.75) is 0 Å². The minimum Gasteiger partial charge on any atom is -0.545 e. The van der Waals surface area contributed by atoms with Gasteiger partial charge < -0.3 is 9.90 Å². The summed E-state index contributed by atoms with van der Waals surface area (Å²) in [7, 11) is 0. The number of amides is 2. The third-order valence-electron chi connectivity index (χ3n) is 4.22. The zero-order valence-corrected chi connectivity index (χ0v) is 13.4. The highest BCUT2D eigenvalue weighted by molar-refractivity contribution is 6.41. The first-order chi connectivity index (χ1) is 12.0. The molecule has 0 N–H and O–H groups in total. The molecule has 0 atom stereocenters. The first-order valence-electron chi connectivity index (χ1n) is 7.41. The van der Waals surface area contributed by atoms with Gasteiger partial charge in [0.05, 0.1) is 11.7 Å². The molecule has 1 aliphatic rings. The van der Waals surface area contributed by atoms with Gasteiger partial charge in [-0.3, -0.25) is 9.59 Å². The molecule has 0 fully saturated rings. The molecule has 0 saturated carbocycles. The van der Waals surface area contributed by atoms with E-state index in [1.54, 1.807) is 30.3 Å². The lowest BCUT2D eigenvalue weighted by molar-refractivity contribution is -0.254. The van der Waals surface area contributed by atoms with E-state index in [-0.39, 0.29) is 11.3 Å². The molecule has 0 bridgehead atoms. The number of rotatable bonds is 2. The number of para-hydroxylation sites is 1. The molecule has 1 aliphatic heterocycles. The molecule has 1 heterocycles. The van der Waals surface area contributed by atoms with E-state index in [1.165, 1.54) is 24.3 Å². The normalized spacial score (nSPS) is 13.4. The number of carbonyl (C=O) groups is 3. The van der Waals surface area contributed by atoms with Gasteiger partial charge in [0.2, 0.25) is 0 Å². The van der Waals surface area contributed by atoms with Crippen molar-refractivity contribution in [1.29, 1.82) is 0 Å². The van der Waals surface area contributed by atoms with Crippen molar-refractivity contribution in [1.82, 2.24) is 0 Å². The van der Waals surface area contributed by atoms with Crippen LogP contribution in [0.5, 0.6) is 0 Å². The second kappa shape index (κ2) is 5.43. The van der Waals surface area contributed by atoms with Gasteiger partial charge in [-0.15, -0.1) is 0 Å². The number of anilines is 1. The van der Waals surface area contributed by atoms with Crippen molar-refractivity contribution in [3.63, 3.8) is 0 Å². The van der Waals surface area contributed by atoms with Gasteiger partial charge in [0.25, 0.3) is 11.8 Å². The van der Waals surface area contributed by atoms with E-state index in [9.17, 15) is 19.5 Å². The Morgan fingerprint density at radius 1 is 0.880 bits per heavy atom. The summed E-state index contributed by atoms with van der Waals surface area (Å²) in [6.45, 7) is 0. The number of aromatic carboxylic acids is 1. The van der Waals surface area contributed by atoms with Crippen LogP contribution in [-0.4, -0.2) is 17.8 Å². The maximum Gasteiger partial charge on any atom is 0.266 e. The average Bonchev–Trinajstić information content (AvgIpc) is 2.61. The first-order valence-corrected chi connectivity index (χ1v) is 7.79. The lowest BCUT2D eigenvalue weighted by Crippen LogP contribution is -2.42. The van der Waals surface area contributed by atoms with Crippen LogP contribution < -0.4 is 10.0 Å². The molecule has 0 aromatic heterocycles. The first kappa shape index (κ1) is 15.4. The maximum absolute atomic E-state index is 12.9. The van der Waals surface area contributed by atoms with Crippen LogP contribution in [0.25, 0.3) is 10.8 Å². The predicted molar refractivity (Wildman–Crippen MR) is 90.9 cm³/mol. The second-order valence-corrected chi connectivity index (χ2v) is 5.98. The Hall–Kier alpha value is -3.18. The molecule has 0 saturated heterocycles. The molecular formula is C19H9ClNO4-. The fraction of sp³-hybridized carbons (Fsp3) is 0. The van der Waals surface area contributed by atoms with Gasteiger partial charge in [-0.2, -0.15) is 0 Å². The molecule has 25 heavy (non-hydrogen) atoms. The van der Waals surface area contributed by atoms with E-state index in [0.29, 0.717) is 26.9 Å². The van der Waals surface area contributed by atoms with E-state index in [0.717, 1.165) is 4.90 Å². The summed E-state index contributed by atoms with van der Waals surface area (Å²) in [5, 5.41) is 12.9. The molecule has 2 amide bonds. The van der Waals surface area contributed by atoms with E-state index in [1.807, 2.05) is 0 Å². The zero-order valence-electron chi connectivity index (χ0n) is 12.7. The highest BCUT2D eigenvalue weighted by Crippen LogP contribution is 2.36. The van der Waals surface area contributed by atoms with Crippen LogP contribution in [0.2, 0.25) is 5.02 Å². The van der Waals surface area contributed by atoms with Gasteiger partial charge in [0.15, 0.2) is 0 Å². The molecule has 0 spiro atoms. The van der Waals surface area contributed by atoms with Crippen LogP contribution in [0.15, 0.2) is 54.6 Å². The summed E-state index contributed by atoms with van der Waals surface area (Å²) < 4.78 is 0. The fourth-order valence-electron chi connectivity index (χ4n) is 3.12. The molecule has 0 unspecified atom stereocenters. The van der Waals surface area contributed by atoms with Crippen LogP contribution >= 0.6 is 11.6 Å². The van der Waals surface area contributed by atoms with E-state index >= 15 is 0 Å². The summed E-state index contributed by atoms with van der Waals surface area (Å²) in [5.74, 6) is -2.66. The topological polar surface area (TPSA) is 77.5 Å². The summed E-state index contributed by atoms with van der Waals surface area (Å²) in [6.07, 6.45) is 0. The van der Waals surface area contributed by atoms with Crippen LogP contribution in [0.3, 0.4) is 0 Å². The number of halogens is 1. The summed E-state index contributed by atoms with van der Waals surface area (Å²) >= 11 is 6.18. The minimum absolute atomic E-state index is 0.0184. The Morgan fingerprint density at radius 3 is 2.28 bits per heavy atom. The lowest BCUT2D eigenvalue weighted by Gasteiger charge is -2.29. The van der Waals surface area contributed by atoms with Gasteiger partial charge in [0.1, 0.15) is 0 Å². The van der Waals surface area contributed by atoms with Gasteiger partial charge >= 0.3 is 0 Å². The zero-order chi connectivity index (χ0) is 17.7. The molecule has 3 aromatic rings. The lowest BCUT2D eigenvalue weighted by atomic mass is 9.93. The number of carboxylic acids is 1. The standard InChI is InChI=1S/C19H10ClNO4/c20-14-9-8-13-16-10(14)5-3-6-12(16)17(22)21(18(13)23)15-7-2-1-4-11(15)19(24)25/h1-9H,(H,24,25)/p-1. The number of nitrogens with zero attached hydrogens (tertiary/aromatic N) is 1. The summed E-state index contributed by atoms with van der Waals surface area (Å²) in [6, 6.07) is 13.9. The summed E-state index contributed by atoms with van der Waals surface area (Å²) in [5.41, 5.74) is 0.342. The molecule has 0 aliphatic carbocycles. The fourth-order valence-corrected chi connectivity index (χ4v) is 3.34. The third kappa shape index (κ3) is 2.13. The van der Waals surface area contributed by atoms with Crippen molar-refractivity contribution >= 4 is 45.8 Å². The highest BCUT2D eigenvalue weighted by atomic mass is 35.5. The van der Waals surface area contributed by atoms with E-state index in [2.05, 4.69) is 0 Å². The van der Waals surface area contributed by atoms with E-state index < -0.39 is 17.8 Å². The van der Waals surface area contributed by atoms with Gasteiger partial charge in [-0.1, -0.05) is 41.9 Å². The molecular weight excluding hydrogens is 342 g/mol. The highest BCUT2D eigenvalue weighted by Gasteiger charge is 2.35. The SMILES string of the molecule is O=C([O-])c1ccccc1N1C(=O)c2cccc3c(Cl)ccc(c23)C1=O. The largest absolute Gasteiger partial charge is 0.545 e. The Balaban J connectivity index is 2.02. The van der Waals surface area contributed by atoms with Crippen molar-refractivity contribution in [2.75, 3.05) is 4.90 Å². The Kier molecular flexibility index (Phi) is 3.33. The number of carbonyl (C=O) groups excluding carboxylic acids is 3. The molecule has 5 nitrogen and oxygen atoms in total. The molecule has 6 heteroatoms. The van der Waals surface area contributed by atoms with Crippen molar-refractivity contribution in [3.05, 3.63) is 76.3 Å². The molecule has 4 rings (SSSR count). The molecule has 122 valence electrons. The van der Waals surface area contributed by atoms with Crippen molar-refractivity contribution < 1.29 is 19.5 Å². The van der Waals surface area contributed by atoms with Gasteiger partial charge in [-0.05, 0) is 24.3 Å². The van der Waals surface area contributed by atoms with Crippen LogP contribution in [0.4, 0.5) is 5.69 Å². The van der Waals surface area contributed by atoms with Crippen molar-refractivity contribution in [3.8, 4) is 0 Å². The van der Waals surface area contributed by atoms with Gasteiger partial charge in [-0.25, -0.2) is 4.90 Å². The number of benzene rings is 3. The number of carboxylic acid groups (broad SMARTS) is 1. The van der Waals surface area contributed by atoms with Gasteiger partial charge in [0, 0.05) is 32.5 Å². The number of hydrogen-bond acceptors (Lipinski definition) is 4. The third-order valence-corrected chi connectivity index (χ3v) is 4.55. The average molecular weight is 351 g/mol. The minimum atomic E-state index is -1.46. The molecule has 0 radical (unpaired) electrons. The monoisotopic (exact) mass is 350 g/mol. The van der Waals surface area contributed by atoms with Crippen LogP contribution in [0.1, 0.15) is 31.1 Å². The van der Waals surface area contributed by atoms with Crippen LogP contribution in [-0.2, 0) is 0 Å². The maximum atomic E-state index is 12.9. The Morgan fingerprint density at radius 2 is 1.56 bits per heavy atom. The van der Waals surface area contributed by atoms with Crippen LogP contribution in [0, 0.1) is 0 Å². The molecule has 3 aromatic carbocycles. The van der Waals surface area contributed by atoms with E-state index in [4.69, 9.17) is 11.6 Å². The Bertz CT molecular complexity index is 1070. The number of hydrogen-bond donors (Lipinski definition) is 0. The smallest absolute Gasteiger partial charge is 0.266 e. The quantitative estimate of drug-likeness (QED) is 0.666. The summed E-state index contributed by atoms with van der Waals surface area (Å²) in [4.78, 5) is 38.1. The Labute approximate surface area is 147 Å². The predicted octanol–water partition coefficient (Wildman–Crippen LogP) is 2.66. The van der Waals surface area contributed by atoms with Crippen molar-refractivity contribution in [2.24, 2.45) is 0 Å².